The van der Waals surface area contributed by atoms with Gasteiger partial charge in [0.1, 0.15) is 0 Å². The maximum atomic E-state index is 9.39. The van der Waals surface area contributed by atoms with Crippen LogP contribution in [0.2, 0.25) is 0 Å². The molecule has 1 fully saturated rings. The van der Waals surface area contributed by atoms with Crippen molar-refractivity contribution in [1.29, 1.82) is 0 Å². The van der Waals surface area contributed by atoms with E-state index in [0.717, 1.165) is 11.6 Å². The van der Waals surface area contributed by atoms with Gasteiger partial charge in [0.25, 0.3) is 0 Å². The third-order valence-corrected chi connectivity index (χ3v) is 4.14. The molecule has 3 unspecified atom stereocenters. The van der Waals surface area contributed by atoms with E-state index in [1.54, 1.807) is 18.3 Å². The fourth-order valence-electron chi connectivity index (χ4n) is 2.18. The topological polar surface area (TPSA) is 33.1 Å². The third kappa shape index (κ3) is 1.84. The van der Waals surface area contributed by atoms with Gasteiger partial charge in [0.15, 0.2) is 0 Å². The molecule has 0 spiro atoms. The summed E-state index contributed by atoms with van der Waals surface area (Å²) in [5, 5.41) is 12.6. The second-order valence-corrected chi connectivity index (χ2v) is 5.19. The van der Waals surface area contributed by atoms with Gasteiger partial charge in [0.05, 0.1) is 16.8 Å². The second kappa shape index (κ2) is 3.99. The highest BCUT2D eigenvalue weighted by Gasteiger charge is 2.27. The molecule has 0 aromatic carbocycles. The van der Waals surface area contributed by atoms with Crippen LogP contribution in [0.1, 0.15) is 55.8 Å². The summed E-state index contributed by atoms with van der Waals surface area (Å²) in [6, 6.07) is 0. The van der Waals surface area contributed by atoms with Crippen LogP contribution in [0.5, 0.6) is 0 Å². The molecule has 1 aromatic rings. The molecule has 2 nitrogen and oxygen atoms in total. The van der Waals surface area contributed by atoms with Crippen LogP contribution in [-0.2, 0) is 0 Å². The Hall–Kier alpha value is -0.410. The number of nitrogens with zero attached hydrogens (tertiary/aromatic N) is 1. The van der Waals surface area contributed by atoms with Gasteiger partial charge in [-0.15, -0.1) is 11.3 Å². The van der Waals surface area contributed by atoms with Crippen molar-refractivity contribution >= 4 is 11.3 Å². The summed E-state index contributed by atoms with van der Waals surface area (Å²) in [6.45, 7) is 4.08. The number of thiazole rings is 1. The summed E-state index contributed by atoms with van der Waals surface area (Å²) >= 11 is 1.71. The Balaban J connectivity index is 2.16. The molecule has 0 bridgehead atoms. The molecule has 0 aliphatic heterocycles. The van der Waals surface area contributed by atoms with Gasteiger partial charge in [-0.3, -0.25) is 0 Å². The molecule has 0 radical (unpaired) electrons. The van der Waals surface area contributed by atoms with Crippen molar-refractivity contribution < 1.29 is 5.11 Å². The Kier molecular flexibility index (Phi) is 2.88. The number of aliphatic hydroxyl groups is 1. The Morgan fingerprint density at radius 2 is 2.36 bits per heavy atom. The number of aliphatic hydroxyl groups excluding tert-OH is 1. The average Bonchev–Trinajstić information content (AvgIpc) is 2.71. The van der Waals surface area contributed by atoms with Crippen molar-refractivity contribution in [2.75, 3.05) is 0 Å². The molecule has 14 heavy (non-hydrogen) atoms. The van der Waals surface area contributed by atoms with E-state index in [0.29, 0.717) is 5.92 Å². The summed E-state index contributed by atoms with van der Waals surface area (Å²) in [4.78, 5) is 4.51. The lowest BCUT2D eigenvalue weighted by Gasteiger charge is -2.11. The predicted octanol–water partition coefficient (Wildman–Crippen LogP) is 3.10. The molecule has 3 heteroatoms. The highest BCUT2D eigenvalue weighted by atomic mass is 32.1. The summed E-state index contributed by atoms with van der Waals surface area (Å²) in [5.74, 6) is 1.41. The monoisotopic (exact) mass is 211 g/mol. The Bertz CT molecular complexity index is 308. The van der Waals surface area contributed by atoms with Gasteiger partial charge in [-0.05, 0) is 19.3 Å². The van der Waals surface area contributed by atoms with Crippen molar-refractivity contribution in [3.63, 3.8) is 0 Å². The van der Waals surface area contributed by atoms with E-state index in [1.807, 2.05) is 5.38 Å². The minimum atomic E-state index is -0.420. The summed E-state index contributed by atoms with van der Waals surface area (Å²) < 4.78 is 0. The Morgan fingerprint density at radius 1 is 1.57 bits per heavy atom. The van der Waals surface area contributed by atoms with Crippen molar-refractivity contribution in [1.82, 2.24) is 4.98 Å². The first kappa shape index (κ1) is 10.1. The van der Waals surface area contributed by atoms with Gasteiger partial charge < -0.3 is 5.11 Å². The van der Waals surface area contributed by atoms with E-state index in [1.165, 1.54) is 24.3 Å². The van der Waals surface area contributed by atoms with Gasteiger partial charge in [-0.25, -0.2) is 4.98 Å². The minimum Gasteiger partial charge on any atom is -0.387 e. The van der Waals surface area contributed by atoms with Crippen LogP contribution in [0, 0.1) is 5.92 Å². The van der Waals surface area contributed by atoms with Gasteiger partial charge in [0, 0.05) is 11.3 Å². The zero-order valence-electron chi connectivity index (χ0n) is 8.73. The molecular weight excluding hydrogens is 194 g/mol. The largest absolute Gasteiger partial charge is 0.387 e. The lowest BCUT2D eigenvalue weighted by molar-refractivity contribution is 0.194. The molecule has 2 rings (SSSR count). The van der Waals surface area contributed by atoms with Crippen LogP contribution in [0.4, 0.5) is 0 Å². The van der Waals surface area contributed by atoms with E-state index in [-0.39, 0.29) is 0 Å². The van der Waals surface area contributed by atoms with E-state index < -0.39 is 6.10 Å². The highest BCUT2D eigenvalue weighted by molar-refractivity contribution is 7.09. The van der Waals surface area contributed by atoms with E-state index in [9.17, 15) is 5.11 Å². The Labute approximate surface area is 89.0 Å². The Morgan fingerprint density at radius 3 is 2.86 bits per heavy atom. The van der Waals surface area contributed by atoms with Gasteiger partial charge >= 0.3 is 0 Å². The van der Waals surface area contributed by atoms with Crippen molar-refractivity contribution in [2.45, 2.75) is 45.1 Å². The van der Waals surface area contributed by atoms with E-state index in [2.05, 4.69) is 11.9 Å². The lowest BCUT2D eigenvalue weighted by Crippen LogP contribution is -2.02. The zero-order chi connectivity index (χ0) is 10.1. The molecule has 1 N–H and O–H groups in total. The summed E-state index contributed by atoms with van der Waals surface area (Å²) in [7, 11) is 0. The summed E-state index contributed by atoms with van der Waals surface area (Å²) in [6.07, 6.45) is 3.51. The first-order valence-electron chi connectivity index (χ1n) is 5.32. The fourth-order valence-corrected chi connectivity index (χ4v) is 3.35. The standard InChI is InChI=1S/C11H17NOS/c1-7-4-3-5-9(7)11-12-10(6-14-11)8(2)13/h6-9,13H,3-5H2,1-2H3. The van der Waals surface area contributed by atoms with Gasteiger partial charge in [-0.2, -0.15) is 0 Å². The summed E-state index contributed by atoms with van der Waals surface area (Å²) in [5.41, 5.74) is 0.837. The van der Waals surface area contributed by atoms with Crippen molar-refractivity contribution in [3.8, 4) is 0 Å². The molecule has 3 atom stereocenters. The number of hydrogen-bond acceptors (Lipinski definition) is 3. The molecule has 1 aliphatic carbocycles. The third-order valence-electron chi connectivity index (χ3n) is 3.15. The van der Waals surface area contributed by atoms with Crippen LogP contribution in [0.3, 0.4) is 0 Å². The minimum absolute atomic E-state index is 0.420. The molecule has 0 saturated heterocycles. The van der Waals surface area contributed by atoms with Crippen LogP contribution in [0.15, 0.2) is 5.38 Å². The quantitative estimate of drug-likeness (QED) is 0.815. The van der Waals surface area contributed by atoms with Crippen LogP contribution in [-0.4, -0.2) is 10.1 Å². The molecule has 78 valence electrons. The number of aromatic nitrogens is 1. The van der Waals surface area contributed by atoms with Crippen LogP contribution < -0.4 is 0 Å². The van der Waals surface area contributed by atoms with Crippen LogP contribution in [0.25, 0.3) is 0 Å². The van der Waals surface area contributed by atoms with Gasteiger partial charge in [-0.1, -0.05) is 19.8 Å². The fraction of sp³-hybridized carbons (Fsp3) is 0.727. The molecule has 1 aromatic heterocycles. The first-order valence-corrected chi connectivity index (χ1v) is 6.20. The number of rotatable bonds is 2. The lowest BCUT2D eigenvalue weighted by atomic mass is 9.99. The molecule has 1 aliphatic rings. The van der Waals surface area contributed by atoms with Crippen molar-refractivity contribution in [3.05, 3.63) is 16.1 Å². The maximum Gasteiger partial charge on any atom is 0.0963 e. The SMILES string of the molecule is CC(O)c1csc(C2CCCC2C)n1. The maximum absolute atomic E-state index is 9.39. The average molecular weight is 211 g/mol. The molecule has 1 saturated carbocycles. The zero-order valence-corrected chi connectivity index (χ0v) is 9.55. The first-order chi connectivity index (χ1) is 6.68. The van der Waals surface area contributed by atoms with Crippen LogP contribution >= 0.6 is 11.3 Å². The van der Waals surface area contributed by atoms with Gasteiger partial charge in [0.2, 0.25) is 0 Å². The molecule has 0 amide bonds. The van der Waals surface area contributed by atoms with E-state index >= 15 is 0 Å². The molecule has 1 heterocycles. The second-order valence-electron chi connectivity index (χ2n) is 4.30. The molecular formula is C11H17NOS. The van der Waals surface area contributed by atoms with E-state index in [4.69, 9.17) is 0 Å². The smallest absolute Gasteiger partial charge is 0.0963 e. The normalized spacial score (nSPS) is 29.4. The van der Waals surface area contributed by atoms with Crippen molar-refractivity contribution in [2.24, 2.45) is 5.92 Å². The predicted molar refractivity (Wildman–Crippen MR) is 58.5 cm³/mol. The highest BCUT2D eigenvalue weighted by Crippen LogP contribution is 2.40. The number of hydrogen-bond donors (Lipinski definition) is 1.